The highest BCUT2D eigenvalue weighted by Crippen LogP contribution is 2.47. The lowest BCUT2D eigenvalue weighted by Crippen LogP contribution is -2.53. The van der Waals surface area contributed by atoms with Gasteiger partial charge >= 0.3 is 0 Å². The quantitative estimate of drug-likeness (QED) is 0.499. The van der Waals surface area contributed by atoms with Gasteiger partial charge in [0, 0.05) is 38.4 Å². The van der Waals surface area contributed by atoms with Crippen LogP contribution in [0.2, 0.25) is 0 Å². The van der Waals surface area contributed by atoms with Gasteiger partial charge in [0.2, 0.25) is 0 Å². The van der Waals surface area contributed by atoms with Crippen LogP contribution < -0.4 is 10.1 Å². The summed E-state index contributed by atoms with van der Waals surface area (Å²) in [7, 11) is 1.62. The molecule has 1 spiro atoms. The van der Waals surface area contributed by atoms with Gasteiger partial charge in [0.05, 0.1) is 12.7 Å². The molecule has 220 valence electrons. The first-order valence-electron chi connectivity index (χ1n) is 15.8. The van der Waals surface area contributed by atoms with E-state index in [0.717, 1.165) is 17.7 Å². The van der Waals surface area contributed by atoms with Gasteiger partial charge in [-0.25, -0.2) is 0 Å². The SMILES string of the molecule is COc1cc(-c2ccc3c(c2)C2(CCCCCCCCC2)CCN3)ccc1C(=O)N1CCN(C(=O)C2(O)CC2)CC1. The Bertz CT molecular complexity index is 1270. The Morgan fingerprint density at radius 1 is 0.780 bits per heavy atom. The highest BCUT2D eigenvalue weighted by molar-refractivity contribution is 5.98. The van der Waals surface area contributed by atoms with Crippen molar-refractivity contribution in [2.45, 2.75) is 88.1 Å². The number of amides is 2. The van der Waals surface area contributed by atoms with Crippen LogP contribution in [0.5, 0.6) is 5.75 Å². The van der Waals surface area contributed by atoms with E-state index < -0.39 is 5.60 Å². The Balaban J connectivity index is 1.21. The number of carbonyl (C=O) groups is 2. The highest BCUT2D eigenvalue weighted by Gasteiger charge is 2.50. The largest absolute Gasteiger partial charge is 0.496 e. The van der Waals surface area contributed by atoms with E-state index in [1.165, 1.54) is 75.5 Å². The van der Waals surface area contributed by atoms with E-state index in [-0.39, 0.29) is 17.2 Å². The minimum Gasteiger partial charge on any atom is -0.496 e. The van der Waals surface area contributed by atoms with Crippen molar-refractivity contribution in [3.05, 3.63) is 47.5 Å². The molecule has 0 aromatic heterocycles. The molecule has 2 aromatic rings. The number of rotatable bonds is 4. The van der Waals surface area contributed by atoms with Crippen LogP contribution in [0.3, 0.4) is 0 Å². The molecule has 3 fully saturated rings. The number of aliphatic hydroxyl groups is 1. The summed E-state index contributed by atoms with van der Waals surface area (Å²) in [6, 6.07) is 12.7. The van der Waals surface area contributed by atoms with E-state index in [2.05, 4.69) is 23.5 Å². The molecular weight excluding hydrogens is 514 g/mol. The van der Waals surface area contributed by atoms with E-state index in [9.17, 15) is 14.7 Å². The van der Waals surface area contributed by atoms with E-state index in [1.54, 1.807) is 16.9 Å². The van der Waals surface area contributed by atoms with Gasteiger partial charge in [-0.2, -0.15) is 0 Å². The van der Waals surface area contributed by atoms with Crippen LogP contribution in [0.4, 0.5) is 5.69 Å². The number of carbonyl (C=O) groups excluding carboxylic acids is 2. The molecule has 2 saturated carbocycles. The fraction of sp³-hybridized carbons (Fsp3) is 0.588. The van der Waals surface area contributed by atoms with Gasteiger partial charge < -0.3 is 25.0 Å². The van der Waals surface area contributed by atoms with Gasteiger partial charge in [0.15, 0.2) is 0 Å². The molecule has 0 bridgehead atoms. The molecule has 2 aromatic carbocycles. The fourth-order valence-electron chi connectivity index (χ4n) is 7.30. The Labute approximate surface area is 244 Å². The lowest BCUT2D eigenvalue weighted by atomic mass is 9.67. The highest BCUT2D eigenvalue weighted by atomic mass is 16.5. The zero-order valence-electron chi connectivity index (χ0n) is 24.6. The van der Waals surface area contributed by atoms with Gasteiger partial charge in [-0.05, 0) is 78.5 Å². The van der Waals surface area contributed by atoms with Crippen molar-refractivity contribution in [1.29, 1.82) is 0 Å². The van der Waals surface area contributed by atoms with Crippen molar-refractivity contribution in [3.8, 4) is 16.9 Å². The minimum absolute atomic E-state index is 0.0827. The molecule has 2 aliphatic carbocycles. The Morgan fingerprint density at radius 3 is 2.05 bits per heavy atom. The summed E-state index contributed by atoms with van der Waals surface area (Å²) < 4.78 is 5.75. The normalized spacial score (nSPS) is 21.9. The molecule has 6 rings (SSSR count). The maximum absolute atomic E-state index is 13.5. The molecule has 0 unspecified atom stereocenters. The summed E-state index contributed by atoms with van der Waals surface area (Å²) in [5, 5.41) is 13.9. The molecule has 7 heteroatoms. The number of anilines is 1. The molecule has 2 N–H and O–H groups in total. The van der Waals surface area contributed by atoms with Gasteiger partial charge in [0.1, 0.15) is 11.4 Å². The number of ether oxygens (including phenoxy) is 1. The van der Waals surface area contributed by atoms with Gasteiger partial charge in [0.25, 0.3) is 11.8 Å². The van der Waals surface area contributed by atoms with Crippen LogP contribution in [0.15, 0.2) is 36.4 Å². The number of piperazine rings is 1. The summed E-state index contributed by atoms with van der Waals surface area (Å²) in [5.74, 6) is 0.294. The van der Waals surface area contributed by atoms with Crippen molar-refractivity contribution in [2.24, 2.45) is 0 Å². The predicted molar refractivity (Wildman–Crippen MR) is 161 cm³/mol. The Morgan fingerprint density at radius 2 is 1.39 bits per heavy atom. The number of hydrogen-bond donors (Lipinski definition) is 2. The molecule has 2 heterocycles. The van der Waals surface area contributed by atoms with Gasteiger partial charge in [-0.15, -0.1) is 0 Å². The van der Waals surface area contributed by atoms with E-state index >= 15 is 0 Å². The third-order valence-electron chi connectivity index (χ3n) is 10.1. The smallest absolute Gasteiger partial charge is 0.257 e. The maximum Gasteiger partial charge on any atom is 0.257 e. The van der Waals surface area contributed by atoms with Crippen LogP contribution in [0.1, 0.15) is 93.0 Å². The van der Waals surface area contributed by atoms with Crippen molar-refractivity contribution < 1.29 is 19.4 Å². The summed E-state index contributed by atoms with van der Waals surface area (Å²) in [4.78, 5) is 29.5. The molecule has 0 radical (unpaired) electrons. The average Bonchev–Trinajstić information content (AvgIpc) is 3.77. The van der Waals surface area contributed by atoms with Crippen LogP contribution >= 0.6 is 0 Å². The van der Waals surface area contributed by atoms with Crippen molar-refractivity contribution in [1.82, 2.24) is 9.80 Å². The molecule has 1 saturated heterocycles. The molecule has 7 nitrogen and oxygen atoms in total. The second-order valence-electron chi connectivity index (χ2n) is 12.7. The van der Waals surface area contributed by atoms with Crippen LogP contribution in [-0.2, 0) is 10.2 Å². The van der Waals surface area contributed by atoms with E-state index in [1.807, 2.05) is 18.2 Å². The van der Waals surface area contributed by atoms with Crippen LogP contribution in [0.25, 0.3) is 11.1 Å². The lowest BCUT2D eigenvalue weighted by Gasteiger charge is -2.41. The summed E-state index contributed by atoms with van der Waals surface area (Å²) in [6.45, 7) is 2.83. The first-order chi connectivity index (χ1) is 19.9. The topological polar surface area (TPSA) is 82.1 Å². The lowest BCUT2D eigenvalue weighted by molar-refractivity contribution is -0.143. The monoisotopic (exact) mass is 559 g/mol. The maximum atomic E-state index is 13.5. The standard InChI is InChI=1S/C34H45N3O4/c1-41-30-24-26(9-11-27(30)31(38)36-19-21-37(22-20-36)32(39)34(40)15-16-34)25-10-12-29-28(23-25)33(17-18-35-29)13-7-5-3-2-4-6-8-14-33/h9-12,23-24,35,40H,2-8,13-22H2,1H3. The number of nitrogens with one attached hydrogen (secondary N) is 1. The summed E-state index contributed by atoms with van der Waals surface area (Å²) in [6.07, 6.45) is 14.2. The molecule has 2 aliphatic heterocycles. The van der Waals surface area contributed by atoms with Crippen LogP contribution in [0, 0.1) is 0 Å². The zero-order chi connectivity index (χ0) is 28.5. The van der Waals surface area contributed by atoms with Gasteiger partial charge in [-0.3, -0.25) is 9.59 Å². The predicted octanol–water partition coefficient (Wildman–Crippen LogP) is 5.75. The van der Waals surface area contributed by atoms with Crippen molar-refractivity contribution in [2.75, 3.05) is 45.2 Å². The van der Waals surface area contributed by atoms with Crippen molar-refractivity contribution in [3.63, 3.8) is 0 Å². The Hall–Kier alpha value is -3.06. The first-order valence-corrected chi connectivity index (χ1v) is 15.8. The van der Waals surface area contributed by atoms with E-state index in [0.29, 0.717) is 50.3 Å². The van der Waals surface area contributed by atoms with Crippen LogP contribution in [-0.4, -0.2) is 72.2 Å². The molecule has 2 amide bonds. The van der Waals surface area contributed by atoms with E-state index in [4.69, 9.17) is 4.74 Å². The molecule has 41 heavy (non-hydrogen) atoms. The Kier molecular flexibility index (Phi) is 7.99. The number of benzene rings is 2. The summed E-state index contributed by atoms with van der Waals surface area (Å²) in [5.41, 5.74) is 4.58. The zero-order valence-corrected chi connectivity index (χ0v) is 24.6. The second-order valence-corrected chi connectivity index (χ2v) is 12.7. The number of nitrogens with zero attached hydrogens (tertiary/aromatic N) is 2. The number of fused-ring (bicyclic) bond motifs is 2. The summed E-state index contributed by atoms with van der Waals surface area (Å²) >= 11 is 0. The number of hydrogen-bond acceptors (Lipinski definition) is 5. The fourth-order valence-corrected chi connectivity index (χ4v) is 7.30. The minimum atomic E-state index is -1.16. The molecular formula is C34H45N3O4. The second kappa shape index (κ2) is 11.7. The van der Waals surface area contributed by atoms with Crippen molar-refractivity contribution >= 4 is 17.5 Å². The van der Waals surface area contributed by atoms with Gasteiger partial charge in [-0.1, -0.05) is 57.1 Å². The average molecular weight is 560 g/mol. The number of methoxy groups -OCH3 is 1. The third kappa shape index (κ3) is 5.70. The molecule has 0 atom stereocenters. The third-order valence-corrected chi connectivity index (χ3v) is 10.1. The molecule has 4 aliphatic rings. The first kappa shape index (κ1) is 28.1.